The summed E-state index contributed by atoms with van der Waals surface area (Å²) in [6.45, 7) is 2.71. The molecule has 0 aliphatic carbocycles. The predicted molar refractivity (Wildman–Crippen MR) is 107 cm³/mol. The molecule has 1 spiro atoms. The Morgan fingerprint density at radius 3 is 2.71 bits per heavy atom. The highest BCUT2D eigenvalue weighted by Crippen LogP contribution is 2.34. The molecule has 28 heavy (non-hydrogen) atoms. The Hall–Kier alpha value is -2.60. The molecule has 2 aliphatic rings. The number of carbonyl (C=O) groups excluding carboxylic acids is 1. The Kier molecular flexibility index (Phi) is 5.22. The van der Waals surface area contributed by atoms with E-state index in [-0.39, 0.29) is 23.0 Å². The Labute approximate surface area is 164 Å². The van der Waals surface area contributed by atoms with Crippen molar-refractivity contribution in [1.29, 1.82) is 0 Å². The SMILES string of the molecule is COc1cccc(CN2CCC3(CC2)CC(=O)NCc2ccccc2N3)c1F. The molecule has 2 aliphatic heterocycles. The molecular formula is C22H26FN3O2. The molecule has 2 aromatic carbocycles. The van der Waals surface area contributed by atoms with E-state index >= 15 is 0 Å². The number of fused-ring (bicyclic) bond motifs is 1. The molecule has 0 atom stereocenters. The molecule has 0 saturated carbocycles. The van der Waals surface area contributed by atoms with E-state index < -0.39 is 0 Å². The number of amides is 1. The van der Waals surface area contributed by atoms with Crippen LogP contribution in [0.15, 0.2) is 42.5 Å². The van der Waals surface area contributed by atoms with Gasteiger partial charge in [0.2, 0.25) is 5.91 Å². The first-order valence-corrected chi connectivity index (χ1v) is 9.75. The van der Waals surface area contributed by atoms with Crippen molar-refractivity contribution < 1.29 is 13.9 Å². The summed E-state index contributed by atoms with van der Waals surface area (Å²) in [5, 5.41) is 6.71. The molecule has 0 radical (unpaired) electrons. The Morgan fingerprint density at radius 2 is 1.93 bits per heavy atom. The maximum atomic E-state index is 14.5. The number of benzene rings is 2. The topological polar surface area (TPSA) is 53.6 Å². The van der Waals surface area contributed by atoms with Crippen LogP contribution < -0.4 is 15.4 Å². The number of nitrogens with one attached hydrogen (secondary N) is 2. The average molecular weight is 383 g/mol. The minimum Gasteiger partial charge on any atom is -0.494 e. The summed E-state index contributed by atoms with van der Waals surface area (Å²) in [5.41, 5.74) is 2.58. The highest BCUT2D eigenvalue weighted by Gasteiger charge is 2.38. The van der Waals surface area contributed by atoms with E-state index in [1.165, 1.54) is 7.11 Å². The molecule has 2 aromatic rings. The number of halogens is 1. The second kappa shape index (κ2) is 7.80. The summed E-state index contributed by atoms with van der Waals surface area (Å²) >= 11 is 0. The number of piperidine rings is 1. The van der Waals surface area contributed by atoms with Crippen LogP contribution in [0.5, 0.6) is 5.75 Å². The molecule has 6 heteroatoms. The molecule has 1 fully saturated rings. The van der Waals surface area contributed by atoms with Crippen molar-refractivity contribution >= 4 is 11.6 Å². The number of anilines is 1. The van der Waals surface area contributed by atoms with Crippen LogP contribution in [0.1, 0.15) is 30.4 Å². The van der Waals surface area contributed by atoms with Crippen molar-refractivity contribution in [1.82, 2.24) is 10.2 Å². The fourth-order valence-electron chi connectivity index (χ4n) is 4.21. The maximum Gasteiger partial charge on any atom is 0.222 e. The van der Waals surface area contributed by atoms with Gasteiger partial charge in [0.15, 0.2) is 11.6 Å². The second-order valence-electron chi connectivity index (χ2n) is 7.73. The average Bonchev–Trinajstić information content (AvgIpc) is 2.69. The number of hydrogen-bond donors (Lipinski definition) is 2. The zero-order valence-electron chi connectivity index (χ0n) is 16.1. The number of hydrogen-bond acceptors (Lipinski definition) is 4. The lowest BCUT2D eigenvalue weighted by Gasteiger charge is -2.44. The van der Waals surface area contributed by atoms with Gasteiger partial charge in [-0.1, -0.05) is 30.3 Å². The van der Waals surface area contributed by atoms with Gasteiger partial charge in [-0.2, -0.15) is 0 Å². The monoisotopic (exact) mass is 383 g/mol. The number of ether oxygens (including phenoxy) is 1. The van der Waals surface area contributed by atoms with Gasteiger partial charge in [-0.15, -0.1) is 0 Å². The first-order chi connectivity index (χ1) is 13.6. The van der Waals surface area contributed by atoms with Gasteiger partial charge in [-0.3, -0.25) is 9.69 Å². The van der Waals surface area contributed by atoms with Crippen LogP contribution in [0.25, 0.3) is 0 Å². The number of methoxy groups -OCH3 is 1. The van der Waals surface area contributed by atoms with Gasteiger partial charge < -0.3 is 15.4 Å². The fourth-order valence-corrected chi connectivity index (χ4v) is 4.21. The summed E-state index contributed by atoms with van der Waals surface area (Å²) in [6, 6.07) is 13.4. The van der Waals surface area contributed by atoms with E-state index in [2.05, 4.69) is 21.6 Å². The van der Waals surface area contributed by atoms with Gasteiger partial charge in [-0.25, -0.2) is 4.39 Å². The van der Waals surface area contributed by atoms with Crippen molar-refractivity contribution in [3.05, 3.63) is 59.4 Å². The first-order valence-electron chi connectivity index (χ1n) is 9.75. The van der Waals surface area contributed by atoms with Gasteiger partial charge in [0, 0.05) is 49.4 Å². The summed E-state index contributed by atoms with van der Waals surface area (Å²) in [6.07, 6.45) is 2.13. The van der Waals surface area contributed by atoms with Crippen molar-refractivity contribution in [3.63, 3.8) is 0 Å². The van der Waals surface area contributed by atoms with Crippen LogP contribution in [-0.2, 0) is 17.9 Å². The fraction of sp³-hybridized carbons (Fsp3) is 0.409. The van der Waals surface area contributed by atoms with Crippen LogP contribution in [0, 0.1) is 5.82 Å². The quantitative estimate of drug-likeness (QED) is 0.854. The number of para-hydroxylation sites is 1. The molecular weight excluding hydrogens is 357 g/mol. The number of carbonyl (C=O) groups is 1. The Bertz CT molecular complexity index is 863. The minimum absolute atomic E-state index is 0.0780. The molecule has 4 rings (SSSR count). The third kappa shape index (κ3) is 3.83. The van der Waals surface area contributed by atoms with E-state index in [1.807, 2.05) is 24.3 Å². The first kappa shape index (κ1) is 18.7. The zero-order chi connectivity index (χ0) is 19.6. The molecule has 5 nitrogen and oxygen atoms in total. The van der Waals surface area contributed by atoms with Crippen LogP contribution >= 0.6 is 0 Å². The zero-order valence-corrected chi connectivity index (χ0v) is 16.1. The van der Waals surface area contributed by atoms with Crippen LogP contribution in [0.3, 0.4) is 0 Å². The molecule has 2 N–H and O–H groups in total. The standard InChI is InChI=1S/C22H26FN3O2/c1-28-19-8-4-6-17(21(19)23)15-26-11-9-22(10-12-26)13-20(27)24-14-16-5-2-3-7-18(16)25-22/h2-8,25H,9-15H2,1H3,(H,24,27). The molecule has 1 amide bonds. The molecule has 2 heterocycles. The lowest BCUT2D eigenvalue weighted by molar-refractivity contribution is -0.122. The van der Waals surface area contributed by atoms with E-state index in [0.717, 1.165) is 37.2 Å². The molecule has 148 valence electrons. The normalized spacial score (nSPS) is 19.1. The van der Waals surface area contributed by atoms with Crippen molar-refractivity contribution in [2.75, 3.05) is 25.5 Å². The van der Waals surface area contributed by atoms with Crippen LogP contribution in [0.2, 0.25) is 0 Å². The van der Waals surface area contributed by atoms with Crippen molar-refractivity contribution in [3.8, 4) is 5.75 Å². The van der Waals surface area contributed by atoms with Gasteiger partial charge in [-0.05, 0) is 30.5 Å². The minimum atomic E-state index is -0.289. The molecule has 0 aromatic heterocycles. The maximum absolute atomic E-state index is 14.5. The Balaban J connectivity index is 1.47. The van der Waals surface area contributed by atoms with E-state index in [0.29, 0.717) is 25.1 Å². The number of likely N-dealkylation sites (tertiary alicyclic amines) is 1. The largest absolute Gasteiger partial charge is 0.494 e. The van der Waals surface area contributed by atoms with Crippen molar-refractivity contribution in [2.24, 2.45) is 0 Å². The third-order valence-electron chi connectivity index (χ3n) is 5.86. The summed E-state index contributed by atoms with van der Waals surface area (Å²) in [4.78, 5) is 14.6. The smallest absolute Gasteiger partial charge is 0.222 e. The van der Waals surface area contributed by atoms with Crippen LogP contribution in [-0.4, -0.2) is 36.5 Å². The second-order valence-corrected chi connectivity index (χ2v) is 7.73. The van der Waals surface area contributed by atoms with E-state index in [1.54, 1.807) is 12.1 Å². The van der Waals surface area contributed by atoms with E-state index in [4.69, 9.17) is 4.74 Å². The van der Waals surface area contributed by atoms with Gasteiger partial charge >= 0.3 is 0 Å². The highest BCUT2D eigenvalue weighted by atomic mass is 19.1. The highest BCUT2D eigenvalue weighted by molar-refractivity contribution is 5.79. The van der Waals surface area contributed by atoms with Crippen molar-refractivity contribution in [2.45, 2.75) is 37.9 Å². The third-order valence-corrected chi connectivity index (χ3v) is 5.86. The lowest BCUT2D eigenvalue weighted by Crippen LogP contribution is -2.52. The molecule has 0 bridgehead atoms. The lowest BCUT2D eigenvalue weighted by atomic mass is 9.82. The van der Waals surface area contributed by atoms with Gasteiger partial charge in [0.1, 0.15) is 0 Å². The molecule has 1 saturated heterocycles. The number of rotatable bonds is 3. The van der Waals surface area contributed by atoms with E-state index in [9.17, 15) is 9.18 Å². The van der Waals surface area contributed by atoms with Crippen LogP contribution in [0.4, 0.5) is 10.1 Å². The van der Waals surface area contributed by atoms with Gasteiger partial charge in [0.25, 0.3) is 0 Å². The predicted octanol–water partition coefficient (Wildman–Crippen LogP) is 3.30. The summed E-state index contributed by atoms with van der Waals surface area (Å²) < 4.78 is 19.6. The molecule has 0 unspecified atom stereocenters. The van der Waals surface area contributed by atoms with Gasteiger partial charge in [0.05, 0.1) is 7.11 Å². The summed E-state index contributed by atoms with van der Waals surface area (Å²) in [5.74, 6) is 0.0675. The summed E-state index contributed by atoms with van der Waals surface area (Å²) in [7, 11) is 1.48. The Morgan fingerprint density at radius 1 is 1.14 bits per heavy atom. The number of nitrogens with zero attached hydrogens (tertiary/aromatic N) is 1.